The molecule has 1 aromatic rings. The molecule has 0 bridgehead atoms. The summed E-state index contributed by atoms with van der Waals surface area (Å²) >= 11 is 3.34. The number of aromatic nitrogens is 1. The number of nitrogens with one attached hydrogen (secondary N) is 1. The van der Waals surface area contributed by atoms with Gasteiger partial charge in [-0.1, -0.05) is 25.3 Å². The summed E-state index contributed by atoms with van der Waals surface area (Å²) in [5, 5.41) is 12.7. The van der Waals surface area contributed by atoms with Crippen LogP contribution in [0.5, 0.6) is 0 Å². The molecule has 0 aromatic carbocycles. The van der Waals surface area contributed by atoms with Gasteiger partial charge in [-0.15, -0.1) is 0 Å². The molecule has 2 N–H and O–H groups in total. The molecule has 0 radical (unpaired) electrons. The van der Waals surface area contributed by atoms with Crippen molar-refractivity contribution in [3.05, 3.63) is 28.5 Å². The van der Waals surface area contributed by atoms with Crippen LogP contribution in [0.4, 0.5) is 0 Å². The molecule has 1 aliphatic heterocycles. The molecule has 5 nitrogen and oxygen atoms in total. The molecule has 3 rings (SSSR count). The van der Waals surface area contributed by atoms with Gasteiger partial charge in [0.2, 0.25) is 0 Å². The normalized spacial score (nSPS) is 27.1. The van der Waals surface area contributed by atoms with Gasteiger partial charge in [0.25, 0.3) is 0 Å². The molecule has 6 heteroatoms. The van der Waals surface area contributed by atoms with Crippen molar-refractivity contribution in [2.75, 3.05) is 13.2 Å². The summed E-state index contributed by atoms with van der Waals surface area (Å²) in [6.45, 7) is 0.359. The molecule has 2 heterocycles. The highest BCUT2D eigenvalue weighted by molar-refractivity contribution is 9.10. The van der Waals surface area contributed by atoms with Crippen molar-refractivity contribution in [1.29, 1.82) is 0 Å². The van der Waals surface area contributed by atoms with Crippen LogP contribution in [0.1, 0.15) is 44.1 Å². The zero-order chi connectivity index (χ0) is 15.6. The number of ether oxygens (including phenoxy) is 1. The molecule has 1 aromatic heterocycles. The second-order valence-corrected chi connectivity index (χ2v) is 7.23. The first-order valence-electron chi connectivity index (χ1n) is 7.77. The summed E-state index contributed by atoms with van der Waals surface area (Å²) < 4.78 is 6.65. The van der Waals surface area contributed by atoms with Gasteiger partial charge in [-0.25, -0.2) is 9.78 Å². The monoisotopic (exact) mass is 368 g/mol. The fourth-order valence-corrected chi connectivity index (χ4v) is 4.05. The van der Waals surface area contributed by atoms with Gasteiger partial charge in [0.15, 0.2) is 0 Å². The van der Waals surface area contributed by atoms with E-state index in [0.717, 1.165) is 29.4 Å². The predicted molar refractivity (Wildman–Crippen MR) is 85.6 cm³/mol. The standard InChI is InChI=1S/C16H21BrN2O3/c17-13-5-4-12(8-18-13)16(22-9-14(20)21)10-15(19-11-16)6-2-1-3-7-15/h4-5,8,19H,1-3,6-7,9-11H2,(H,20,21). The topological polar surface area (TPSA) is 71.5 Å². The van der Waals surface area contributed by atoms with E-state index in [2.05, 4.69) is 26.2 Å². The number of aliphatic carboxylic acids is 1. The van der Waals surface area contributed by atoms with Crippen LogP contribution in [0.3, 0.4) is 0 Å². The molecule has 1 saturated heterocycles. The molecular formula is C16H21BrN2O3. The van der Waals surface area contributed by atoms with Crippen molar-refractivity contribution in [3.63, 3.8) is 0 Å². The molecule has 120 valence electrons. The second kappa shape index (κ2) is 6.26. The van der Waals surface area contributed by atoms with Gasteiger partial charge in [-0.2, -0.15) is 0 Å². The summed E-state index contributed by atoms with van der Waals surface area (Å²) in [5.41, 5.74) is 0.444. The van der Waals surface area contributed by atoms with E-state index in [0.29, 0.717) is 6.54 Å². The lowest BCUT2D eigenvalue weighted by atomic mass is 9.76. The third-order valence-corrected chi connectivity index (χ3v) is 5.38. The Morgan fingerprint density at radius 3 is 2.77 bits per heavy atom. The summed E-state index contributed by atoms with van der Waals surface area (Å²) in [6, 6.07) is 3.86. The Hall–Kier alpha value is -0.980. The summed E-state index contributed by atoms with van der Waals surface area (Å²) in [6.07, 6.45) is 8.60. The first-order valence-corrected chi connectivity index (χ1v) is 8.56. The average Bonchev–Trinajstić information content (AvgIpc) is 2.86. The number of carboxylic acid groups (broad SMARTS) is 1. The molecule has 1 saturated carbocycles. The third-order valence-electron chi connectivity index (χ3n) is 4.91. The molecule has 1 unspecified atom stereocenters. The molecule has 2 aliphatic rings. The van der Waals surface area contributed by atoms with Crippen LogP contribution in [-0.2, 0) is 15.1 Å². The number of pyridine rings is 1. The lowest BCUT2D eigenvalue weighted by Gasteiger charge is -2.36. The summed E-state index contributed by atoms with van der Waals surface area (Å²) in [5.74, 6) is -0.936. The van der Waals surface area contributed by atoms with Crippen LogP contribution in [0, 0.1) is 0 Å². The Bertz CT molecular complexity index is 543. The molecule has 2 fully saturated rings. The number of halogens is 1. The van der Waals surface area contributed by atoms with Crippen LogP contribution >= 0.6 is 15.9 Å². The molecule has 22 heavy (non-hydrogen) atoms. The predicted octanol–water partition coefficient (Wildman–Crippen LogP) is 2.84. The van der Waals surface area contributed by atoms with Crippen LogP contribution < -0.4 is 5.32 Å². The fourth-order valence-electron chi connectivity index (χ4n) is 3.82. The Balaban J connectivity index is 1.87. The van der Waals surface area contributed by atoms with E-state index < -0.39 is 11.6 Å². The Morgan fingerprint density at radius 1 is 1.36 bits per heavy atom. The van der Waals surface area contributed by atoms with Crippen molar-refractivity contribution < 1.29 is 14.6 Å². The number of rotatable bonds is 4. The van der Waals surface area contributed by atoms with Gasteiger partial charge in [0.05, 0.1) is 0 Å². The van der Waals surface area contributed by atoms with Gasteiger partial charge in [0.1, 0.15) is 16.8 Å². The Labute approximate surface area is 138 Å². The zero-order valence-electron chi connectivity index (χ0n) is 12.5. The van der Waals surface area contributed by atoms with Crippen molar-refractivity contribution in [2.45, 2.75) is 49.7 Å². The zero-order valence-corrected chi connectivity index (χ0v) is 14.1. The number of carbonyl (C=O) groups is 1. The average molecular weight is 369 g/mol. The first kappa shape index (κ1) is 15.9. The number of carboxylic acids is 1. The van der Waals surface area contributed by atoms with E-state index in [4.69, 9.17) is 9.84 Å². The quantitative estimate of drug-likeness (QED) is 0.799. The molecule has 1 atom stereocenters. The van der Waals surface area contributed by atoms with Gasteiger partial charge in [0, 0.05) is 30.3 Å². The van der Waals surface area contributed by atoms with Crippen LogP contribution in [0.15, 0.2) is 22.9 Å². The number of hydrogen-bond acceptors (Lipinski definition) is 4. The maximum absolute atomic E-state index is 11.0. The minimum atomic E-state index is -0.936. The molecule has 0 amide bonds. The van der Waals surface area contributed by atoms with E-state index in [9.17, 15) is 4.79 Å². The van der Waals surface area contributed by atoms with Crippen LogP contribution in [-0.4, -0.2) is 34.8 Å². The van der Waals surface area contributed by atoms with Crippen molar-refractivity contribution >= 4 is 21.9 Å². The largest absolute Gasteiger partial charge is 0.480 e. The van der Waals surface area contributed by atoms with Crippen molar-refractivity contribution in [2.24, 2.45) is 0 Å². The van der Waals surface area contributed by atoms with Gasteiger partial charge >= 0.3 is 5.97 Å². The van der Waals surface area contributed by atoms with Crippen molar-refractivity contribution in [1.82, 2.24) is 10.3 Å². The smallest absolute Gasteiger partial charge is 0.329 e. The third kappa shape index (κ3) is 3.19. The SMILES string of the molecule is O=C(O)COC1(c2ccc(Br)nc2)CNC2(CCCCC2)C1. The van der Waals surface area contributed by atoms with Gasteiger partial charge in [-0.3, -0.25) is 0 Å². The van der Waals surface area contributed by atoms with E-state index in [1.807, 2.05) is 12.1 Å². The fraction of sp³-hybridized carbons (Fsp3) is 0.625. The van der Waals surface area contributed by atoms with Gasteiger partial charge in [-0.05, 0) is 34.8 Å². The number of hydrogen-bond donors (Lipinski definition) is 2. The highest BCUT2D eigenvalue weighted by Gasteiger charge is 2.50. The minimum Gasteiger partial charge on any atom is -0.480 e. The van der Waals surface area contributed by atoms with E-state index >= 15 is 0 Å². The van der Waals surface area contributed by atoms with Crippen molar-refractivity contribution in [3.8, 4) is 0 Å². The highest BCUT2D eigenvalue weighted by atomic mass is 79.9. The maximum atomic E-state index is 11.0. The molecule has 1 aliphatic carbocycles. The number of nitrogens with zero attached hydrogens (tertiary/aromatic N) is 1. The van der Waals surface area contributed by atoms with Crippen LogP contribution in [0.25, 0.3) is 0 Å². The minimum absolute atomic E-state index is 0.0871. The van der Waals surface area contributed by atoms with E-state index in [-0.39, 0.29) is 12.1 Å². The van der Waals surface area contributed by atoms with Gasteiger partial charge < -0.3 is 15.2 Å². The van der Waals surface area contributed by atoms with E-state index in [1.54, 1.807) is 6.20 Å². The highest BCUT2D eigenvalue weighted by Crippen LogP contribution is 2.45. The van der Waals surface area contributed by atoms with E-state index in [1.165, 1.54) is 19.3 Å². The Kier molecular flexibility index (Phi) is 4.52. The second-order valence-electron chi connectivity index (χ2n) is 6.42. The molecular weight excluding hydrogens is 348 g/mol. The molecule has 1 spiro atoms. The van der Waals surface area contributed by atoms with Crippen LogP contribution in [0.2, 0.25) is 0 Å². The maximum Gasteiger partial charge on any atom is 0.329 e. The first-order chi connectivity index (χ1) is 10.5. The Morgan fingerprint density at radius 2 is 2.14 bits per heavy atom. The summed E-state index contributed by atoms with van der Waals surface area (Å²) in [7, 11) is 0. The lowest BCUT2D eigenvalue weighted by Crippen LogP contribution is -2.41. The lowest BCUT2D eigenvalue weighted by molar-refractivity contribution is -0.149. The summed E-state index contributed by atoms with van der Waals surface area (Å²) in [4.78, 5) is 15.3.